The van der Waals surface area contributed by atoms with Gasteiger partial charge in [-0.05, 0) is 19.3 Å². The van der Waals surface area contributed by atoms with Crippen LogP contribution in [-0.4, -0.2) is 24.1 Å². The first-order valence-electron chi connectivity index (χ1n) is 8.52. The number of rotatable bonds is 10. The van der Waals surface area contributed by atoms with Crippen molar-refractivity contribution in [1.82, 2.24) is 10.3 Å². The molecule has 0 unspecified atom stereocenters. The Hall–Kier alpha value is -0.610. The van der Waals surface area contributed by atoms with E-state index in [-0.39, 0.29) is 0 Å². The Morgan fingerprint density at radius 1 is 1.14 bits per heavy atom. The van der Waals surface area contributed by atoms with E-state index < -0.39 is 0 Å². The Morgan fingerprint density at radius 3 is 2.29 bits per heavy atom. The zero-order valence-corrected chi connectivity index (χ0v) is 15.5. The average Bonchev–Trinajstić information content (AvgIpc) is 2.89. The van der Waals surface area contributed by atoms with Crippen LogP contribution in [0.3, 0.4) is 0 Å². The first kappa shape index (κ1) is 18.4. The number of aromatic nitrogens is 1. The van der Waals surface area contributed by atoms with Crippen LogP contribution in [0.4, 0.5) is 5.13 Å². The summed E-state index contributed by atoms with van der Waals surface area (Å²) < 4.78 is 0. The molecule has 0 bridgehead atoms. The summed E-state index contributed by atoms with van der Waals surface area (Å²) in [4.78, 5) is 8.77. The van der Waals surface area contributed by atoms with Gasteiger partial charge < -0.3 is 10.2 Å². The highest BCUT2D eigenvalue weighted by Crippen LogP contribution is 2.28. The summed E-state index contributed by atoms with van der Waals surface area (Å²) in [6.07, 6.45) is 3.52. The number of anilines is 1. The van der Waals surface area contributed by atoms with Crippen molar-refractivity contribution < 1.29 is 0 Å². The third kappa shape index (κ3) is 5.59. The van der Waals surface area contributed by atoms with Crippen molar-refractivity contribution in [1.29, 1.82) is 0 Å². The third-order valence-electron chi connectivity index (χ3n) is 4.06. The van der Waals surface area contributed by atoms with Gasteiger partial charge in [0.25, 0.3) is 0 Å². The highest BCUT2D eigenvalue weighted by atomic mass is 32.1. The monoisotopic (exact) mass is 311 g/mol. The van der Waals surface area contributed by atoms with Gasteiger partial charge >= 0.3 is 0 Å². The van der Waals surface area contributed by atoms with Crippen LogP contribution in [-0.2, 0) is 13.0 Å². The Balaban J connectivity index is 2.84. The molecule has 1 rings (SSSR count). The van der Waals surface area contributed by atoms with E-state index in [1.165, 1.54) is 28.5 Å². The SMILES string of the molecule is CCc1nc(N(CC)CC(CC)CC)sc1CNC(C)C. The Morgan fingerprint density at radius 2 is 1.81 bits per heavy atom. The molecule has 0 aliphatic heterocycles. The molecule has 0 amide bonds. The second kappa shape index (κ2) is 9.42. The molecule has 1 heterocycles. The maximum absolute atomic E-state index is 4.90. The van der Waals surface area contributed by atoms with Gasteiger partial charge in [0.05, 0.1) is 5.69 Å². The summed E-state index contributed by atoms with van der Waals surface area (Å²) >= 11 is 1.87. The van der Waals surface area contributed by atoms with E-state index in [2.05, 4.69) is 51.8 Å². The molecule has 0 aromatic carbocycles. The van der Waals surface area contributed by atoms with Gasteiger partial charge in [-0.1, -0.05) is 47.5 Å². The molecule has 0 saturated carbocycles. The second-order valence-corrected chi connectivity index (χ2v) is 7.04. The van der Waals surface area contributed by atoms with Crippen LogP contribution in [0.25, 0.3) is 0 Å². The minimum absolute atomic E-state index is 0.520. The van der Waals surface area contributed by atoms with E-state index >= 15 is 0 Å². The number of nitrogens with one attached hydrogen (secondary N) is 1. The predicted molar refractivity (Wildman–Crippen MR) is 95.4 cm³/mol. The van der Waals surface area contributed by atoms with E-state index in [1.807, 2.05) is 11.3 Å². The van der Waals surface area contributed by atoms with Crippen molar-refractivity contribution in [2.75, 3.05) is 18.0 Å². The predicted octanol–water partition coefficient (Wildman–Crippen LogP) is 4.47. The molecule has 1 N–H and O–H groups in total. The molecule has 4 heteroatoms. The minimum atomic E-state index is 0.520. The third-order valence-corrected chi connectivity index (χ3v) is 5.22. The van der Waals surface area contributed by atoms with Crippen molar-refractivity contribution in [3.8, 4) is 0 Å². The van der Waals surface area contributed by atoms with E-state index in [0.717, 1.165) is 32.0 Å². The number of aryl methyl sites for hydroxylation is 1. The quantitative estimate of drug-likeness (QED) is 0.691. The highest BCUT2D eigenvalue weighted by molar-refractivity contribution is 7.15. The van der Waals surface area contributed by atoms with Gasteiger partial charge in [0.2, 0.25) is 0 Å². The number of nitrogens with zero attached hydrogens (tertiary/aromatic N) is 2. The van der Waals surface area contributed by atoms with Crippen molar-refractivity contribution in [3.05, 3.63) is 10.6 Å². The van der Waals surface area contributed by atoms with Crippen molar-refractivity contribution in [2.45, 2.75) is 73.4 Å². The standard InChI is InChI=1S/C17H33N3S/c1-7-14(8-2)12-20(10-4)17-19-15(9-3)16(21-17)11-18-13(5)6/h13-14,18H,7-12H2,1-6H3. The van der Waals surface area contributed by atoms with Crippen LogP contribution < -0.4 is 10.2 Å². The van der Waals surface area contributed by atoms with Crippen molar-refractivity contribution in [3.63, 3.8) is 0 Å². The van der Waals surface area contributed by atoms with Crippen LogP contribution in [0.15, 0.2) is 0 Å². The molecule has 0 fully saturated rings. The Labute approximate surface area is 135 Å². The molecule has 0 spiro atoms. The van der Waals surface area contributed by atoms with Crippen LogP contribution in [0.5, 0.6) is 0 Å². The molecule has 1 aromatic rings. The number of thiazole rings is 1. The fraction of sp³-hybridized carbons (Fsp3) is 0.824. The molecule has 0 saturated heterocycles. The molecule has 0 aliphatic carbocycles. The lowest BCUT2D eigenvalue weighted by atomic mass is 10.0. The van der Waals surface area contributed by atoms with E-state index in [4.69, 9.17) is 4.98 Å². The number of hydrogen-bond donors (Lipinski definition) is 1. The average molecular weight is 312 g/mol. The lowest BCUT2D eigenvalue weighted by Gasteiger charge is -2.24. The molecular weight excluding hydrogens is 278 g/mol. The zero-order chi connectivity index (χ0) is 15.8. The van der Waals surface area contributed by atoms with Gasteiger partial charge in [-0.25, -0.2) is 4.98 Å². The van der Waals surface area contributed by atoms with Gasteiger partial charge in [0.15, 0.2) is 5.13 Å². The summed E-state index contributed by atoms with van der Waals surface area (Å²) in [5, 5.41) is 4.73. The molecule has 0 atom stereocenters. The summed E-state index contributed by atoms with van der Waals surface area (Å²) in [6, 6.07) is 0.520. The molecular formula is C17H33N3S. The van der Waals surface area contributed by atoms with Gasteiger partial charge in [-0.3, -0.25) is 0 Å². The summed E-state index contributed by atoms with van der Waals surface area (Å²) in [7, 11) is 0. The fourth-order valence-corrected chi connectivity index (χ4v) is 3.59. The largest absolute Gasteiger partial charge is 0.348 e. The first-order chi connectivity index (χ1) is 10.0. The molecule has 122 valence electrons. The van der Waals surface area contributed by atoms with Crippen LogP contribution in [0.2, 0.25) is 0 Å². The van der Waals surface area contributed by atoms with Crippen LogP contribution in [0, 0.1) is 5.92 Å². The Bertz CT molecular complexity index is 397. The van der Waals surface area contributed by atoms with Gasteiger partial charge in [-0.2, -0.15) is 0 Å². The maximum Gasteiger partial charge on any atom is 0.185 e. The normalized spacial score (nSPS) is 11.6. The van der Waals surface area contributed by atoms with Crippen LogP contribution in [0.1, 0.15) is 65.0 Å². The lowest BCUT2D eigenvalue weighted by Crippen LogP contribution is -2.28. The maximum atomic E-state index is 4.90. The Kier molecular flexibility index (Phi) is 8.27. The number of hydrogen-bond acceptors (Lipinski definition) is 4. The fourth-order valence-electron chi connectivity index (χ4n) is 2.42. The van der Waals surface area contributed by atoms with Gasteiger partial charge in [0.1, 0.15) is 0 Å². The smallest absolute Gasteiger partial charge is 0.185 e. The van der Waals surface area contributed by atoms with E-state index in [1.54, 1.807) is 0 Å². The molecule has 0 aliphatic rings. The van der Waals surface area contributed by atoms with Crippen molar-refractivity contribution in [2.24, 2.45) is 5.92 Å². The van der Waals surface area contributed by atoms with E-state index in [9.17, 15) is 0 Å². The topological polar surface area (TPSA) is 28.2 Å². The van der Waals surface area contributed by atoms with Crippen molar-refractivity contribution >= 4 is 16.5 Å². The summed E-state index contributed by atoms with van der Waals surface area (Å²) in [6.45, 7) is 16.5. The van der Waals surface area contributed by atoms with Crippen LogP contribution >= 0.6 is 11.3 Å². The minimum Gasteiger partial charge on any atom is -0.348 e. The molecule has 0 radical (unpaired) electrons. The summed E-state index contributed by atoms with van der Waals surface area (Å²) in [5.74, 6) is 0.774. The van der Waals surface area contributed by atoms with E-state index in [0.29, 0.717) is 6.04 Å². The summed E-state index contributed by atoms with van der Waals surface area (Å²) in [5.41, 5.74) is 1.27. The second-order valence-electron chi connectivity index (χ2n) is 5.98. The highest BCUT2D eigenvalue weighted by Gasteiger charge is 2.17. The van der Waals surface area contributed by atoms with Gasteiger partial charge in [0, 0.05) is 30.6 Å². The first-order valence-corrected chi connectivity index (χ1v) is 9.34. The lowest BCUT2D eigenvalue weighted by molar-refractivity contribution is 0.485. The molecule has 3 nitrogen and oxygen atoms in total. The molecule has 1 aromatic heterocycles. The zero-order valence-electron chi connectivity index (χ0n) is 14.7. The van der Waals surface area contributed by atoms with Gasteiger partial charge in [-0.15, -0.1) is 11.3 Å². The molecule has 21 heavy (non-hydrogen) atoms.